The smallest absolute Gasteiger partial charge is 0.358 e. The molecule has 1 aromatic carbocycles. The largest absolute Gasteiger partial charge is 0.508 e. The third-order valence-corrected chi connectivity index (χ3v) is 2.43. The number of benzene rings is 1. The molecule has 0 radical (unpaired) electrons. The number of aromatic carboxylic acids is 1. The average Bonchev–Trinajstić information content (AvgIpc) is 2.61. The number of aromatic nitrogens is 3. The predicted octanol–water partition coefficient (Wildman–Crippen LogP) is 1.04. The molecule has 0 bridgehead atoms. The van der Waals surface area contributed by atoms with Crippen LogP contribution in [-0.2, 0) is 6.54 Å². The third kappa shape index (κ3) is 2.25. The van der Waals surface area contributed by atoms with Crippen molar-refractivity contribution in [3.05, 3.63) is 41.2 Å². The van der Waals surface area contributed by atoms with Crippen LogP contribution in [0, 0.1) is 6.92 Å². The molecule has 0 saturated carbocycles. The first-order valence-corrected chi connectivity index (χ1v) is 4.99. The molecular weight excluding hydrogens is 222 g/mol. The van der Waals surface area contributed by atoms with E-state index in [1.807, 2.05) is 6.07 Å². The molecule has 2 aromatic rings. The van der Waals surface area contributed by atoms with Crippen molar-refractivity contribution in [2.45, 2.75) is 13.5 Å². The number of phenols is 1. The Hall–Kier alpha value is -2.37. The Bertz CT molecular complexity index is 563. The SMILES string of the molecule is Cc1c(C(=O)O)nnn1Cc1cccc(O)c1. The Labute approximate surface area is 97.1 Å². The van der Waals surface area contributed by atoms with E-state index in [2.05, 4.69) is 10.3 Å². The summed E-state index contributed by atoms with van der Waals surface area (Å²) in [5.74, 6) is -0.927. The van der Waals surface area contributed by atoms with E-state index in [1.54, 1.807) is 25.1 Å². The van der Waals surface area contributed by atoms with Gasteiger partial charge in [0.25, 0.3) is 0 Å². The highest BCUT2D eigenvalue weighted by Crippen LogP contribution is 2.13. The minimum atomic E-state index is -1.09. The lowest BCUT2D eigenvalue weighted by molar-refractivity contribution is 0.0689. The second-order valence-electron chi connectivity index (χ2n) is 3.66. The summed E-state index contributed by atoms with van der Waals surface area (Å²) in [5.41, 5.74) is 1.26. The quantitative estimate of drug-likeness (QED) is 0.826. The van der Waals surface area contributed by atoms with Crippen molar-refractivity contribution in [2.24, 2.45) is 0 Å². The van der Waals surface area contributed by atoms with E-state index in [1.165, 1.54) is 4.68 Å². The number of rotatable bonds is 3. The van der Waals surface area contributed by atoms with Crippen molar-refractivity contribution < 1.29 is 15.0 Å². The van der Waals surface area contributed by atoms with Gasteiger partial charge in [-0.05, 0) is 24.6 Å². The van der Waals surface area contributed by atoms with Gasteiger partial charge in [0.05, 0.1) is 12.2 Å². The second-order valence-corrected chi connectivity index (χ2v) is 3.66. The highest BCUT2D eigenvalue weighted by molar-refractivity contribution is 5.86. The average molecular weight is 233 g/mol. The van der Waals surface area contributed by atoms with E-state index in [-0.39, 0.29) is 11.4 Å². The molecule has 0 aliphatic carbocycles. The van der Waals surface area contributed by atoms with Gasteiger partial charge in [-0.3, -0.25) is 0 Å². The summed E-state index contributed by atoms with van der Waals surface area (Å²) in [5, 5.41) is 25.5. The molecule has 6 heteroatoms. The molecule has 0 spiro atoms. The highest BCUT2D eigenvalue weighted by Gasteiger charge is 2.14. The van der Waals surface area contributed by atoms with E-state index in [0.717, 1.165) is 5.56 Å². The monoisotopic (exact) mass is 233 g/mol. The number of carboxylic acid groups (broad SMARTS) is 1. The van der Waals surface area contributed by atoms with E-state index in [0.29, 0.717) is 12.2 Å². The summed E-state index contributed by atoms with van der Waals surface area (Å²) in [6.07, 6.45) is 0. The van der Waals surface area contributed by atoms with Crippen LogP contribution in [0.25, 0.3) is 0 Å². The van der Waals surface area contributed by atoms with Crippen LogP contribution in [0.4, 0.5) is 0 Å². The molecule has 0 aliphatic rings. The Morgan fingerprint density at radius 2 is 2.24 bits per heavy atom. The van der Waals surface area contributed by atoms with Crippen LogP contribution >= 0.6 is 0 Å². The van der Waals surface area contributed by atoms with Gasteiger partial charge in [-0.15, -0.1) is 5.10 Å². The summed E-state index contributed by atoms with van der Waals surface area (Å²) < 4.78 is 1.48. The molecule has 0 atom stereocenters. The zero-order valence-corrected chi connectivity index (χ0v) is 9.16. The van der Waals surface area contributed by atoms with Gasteiger partial charge >= 0.3 is 5.97 Å². The first-order chi connectivity index (χ1) is 8.08. The standard InChI is InChI=1S/C11H11N3O3/c1-7-10(11(16)17)12-13-14(7)6-8-3-2-4-9(15)5-8/h2-5,15H,6H2,1H3,(H,16,17). The van der Waals surface area contributed by atoms with Crippen molar-refractivity contribution in [1.29, 1.82) is 0 Å². The van der Waals surface area contributed by atoms with Gasteiger partial charge in [-0.1, -0.05) is 17.3 Å². The molecule has 0 aliphatic heterocycles. The fraction of sp³-hybridized carbons (Fsp3) is 0.182. The Morgan fingerprint density at radius 1 is 1.47 bits per heavy atom. The number of hydrogen-bond acceptors (Lipinski definition) is 4. The van der Waals surface area contributed by atoms with Crippen molar-refractivity contribution in [1.82, 2.24) is 15.0 Å². The fourth-order valence-electron chi connectivity index (χ4n) is 1.54. The fourth-order valence-corrected chi connectivity index (χ4v) is 1.54. The number of phenolic OH excluding ortho intramolecular Hbond substituents is 1. The summed E-state index contributed by atoms with van der Waals surface area (Å²) >= 11 is 0. The van der Waals surface area contributed by atoms with Gasteiger partial charge in [0, 0.05) is 0 Å². The first kappa shape index (κ1) is 11.1. The summed E-state index contributed by atoms with van der Waals surface area (Å²) in [4.78, 5) is 10.8. The van der Waals surface area contributed by atoms with Crippen LogP contribution in [0.15, 0.2) is 24.3 Å². The van der Waals surface area contributed by atoms with E-state index >= 15 is 0 Å². The highest BCUT2D eigenvalue weighted by atomic mass is 16.4. The lowest BCUT2D eigenvalue weighted by atomic mass is 10.2. The molecule has 2 N–H and O–H groups in total. The van der Waals surface area contributed by atoms with Crippen molar-refractivity contribution in [3.8, 4) is 5.75 Å². The molecule has 2 rings (SSSR count). The number of hydrogen-bond donors (Lipinski definition) is 2. The van der Waals surface area contributed by atoms with Gasteiger partial charge < -0.3 is 10.2 Å². The normalized spacial score (nSPS) is 10.4. The van der Waals surface area contributed by atoms with Crippen LogP contribution in [0.3, 0.4) is 0 Å². The minimum Gasteiger partial charge on any atom is -0.508 e. The van der Waals surface area contributed by atoms with Crippen LogP contribution in [0.2, 0.25) is 0 Å². The van der Waals surface area contributed by atoms with Crippen LogP contribution in [-0.4, -0.2) is 31.2 Å². The van der Waals surface area contributed by atoms with Gasteiger partial charge in [0.15, 0.2) is 5.69 Å². The summed E-state index contributed by atoms with van der Waals surface area (Å²) in [7, 11) is 0. The summed E-state index contributed by atoms with van der Waals surface area (Å²) in [6.45, 7) is 2.02. The molecule has 1 heterocycles. The van der Waals surface area contributed by atoms with Crippen LogP contribution < -0.4 is 0 Å². The third-order valence-electron chi connectivity index (χ3n) is 2.43. The topological polar surface area (TPSA) is 88.2 Å². The van der Waals surface area contributed by atoms with Crippen LogP contribution in [0.1, 0.15) is 21.7 Å². The van der Waals surface area contributed by atoms with Gasteiger partial charge in [0.1, 0.15) is 5.75 Å². The van der Waals surface area contributed by atoms with E-state index in [9.17, 15) is 9.90 Å². The van der Waals surface area contributed by atoms with Gasteiger partial charge in [-0.25, -0.2) is 9.48 Å². The molecule has 88 valence electrons. The van der Waals surface area contributed by atoms with Crippen LogP contribution in [0.5, 0.6) is 5.75 Å². The minimum absolute atomic E-state index is 0.0508. The molecule has 0 saturated heterocycles. The zero-order valence-electron chi connectivity index (χ0n) is 9.16. The lowest BCUT2D eigenvalue weighted by Crippen LogP contribution is -2.05. The van der Waals surface area contributed by atoms with Crippen molar-refractivity contribution >= 4 is 5.97 Å². The number of aromatic hydroxyl groups is 1. The van der Waals surface area contributed by atoms with E-state index in [4.69, 9.17) is 5.11 Å². The maximum absolute atomic E-state index is 10.8. The van der Waals surface area contributed by atoms with E-state index < -0.39 is 5.97 Å². The first-order valence-electron chi connectivity index (χ1n) is 4.99. The number of nitrogens with zero attached hydrogens (tertiary/aromatic N) is 3. The van der Waals surface area contributed by atoms with Gasteiger partial charge in [-0.2, -0.15) is 0 Å². The Balaban J connectivity index is 2.28. The molecule has 6 nitrogen and oxygen atoms in total. The maximum Gasteiger partial charge on any atom is 0.358 e. The molecule has 0 amide bonds. The van der Waals surface area contributed by atoms with Gasteiger partial charge in [0.2, 0.25) is 0 Å². The van der Waals surface area contributed by atoms with Crippen molar-refractivity contribution in [3.63, 3.8) is 0 Å². The van der Waals surface area contributed by atoms with Crippen molar-refractivity contribution in [2.75, 3.05) is 0 Å². The number of carboxylic acids is 1. The maximum atomic E-state index is 10.8. The molecule has 0 fully saturated rings. The lowest BCUT2D eigenvalue weighted by Gasteiger charge is -2.03. The molecular formula is C11H11N3O3. The Kier molecular flexibility index (Phi) is 2.78. The molecule has 1 aromatic heterocycles. The Morgan fingerprint density at radius 3 is 2.82 bits per heavy atom. The molecule has 0 unspecified atom stereocenters. The number of carbonyl (C=O) groups is 1. The molecule has 17 heavy (non-hydrogen) atoms. The zero-order chi connectivity index (χ0) is 12.4. The predicted molar refractivity (Wildman–Crippen MR) is 58.9 cm³/mol. The second kappa shape index (κ2) is 4.25. The summed E-state index contributed by atoms with van der Waals surface area (Å²) in [6, 6.07) is 6.71.